The molecule has 0 radical (unpaired) electrons. The van der Waals surface area contributed by atoms with Crippen molar-refractivity contribution in [2.45, 2.75) is 19.3 Å². The zero-order valence-corrected chi connectivity index (χ0v) is 22.7. The van der Waals surface area contributed by atoms with Crippen LogP contribution in [0, 0.1) is 3.70 Å². The minimum atomic E-state index is -0.256. The third-order valence-electron chi connectivity index (χ3n) is 6.69. The molecule has 0 N–H and O–H groups in total. The molecule has 0 atom stereocenters. The van der Waals surface area contributed by atoms with Gasteiger partial charge in [0.15, 0.2) is 0 Å². The monoisotopic (exact) mass is 603 g/mol. The summed E-state index contributed by atoms with van der Waals surface area (Å²) in [7, 11) is 0. The average molecular weight is 603 g/mol. The van der Waals surface area contributed by atoms with Gasteiger partial charge in [0.1, 0.15) is 12.4 Å². The van der Waals surface area contributed by atoms with Crippen molar-refractivity contribution < 1.29 is 25.9 Å². The Bertz CT molecular complexity index is 1540. The predicted octanol–water partition coefficient (Wildman–Crippen LogP) is 2.27. The molecular formula is C29H28IN6O-. The molecule has 8 heteroatoms. The van der Waals surface area contributed by atoms with Crippen molar-refractivity contribution in [3.63, 3.8) is 0 Å². The Morgan fingerprint density at radius 3 is 2.70 bits per heavy atom. The van der Waals surface area contributed by atoms with Gasteiger partial charge in [-0.2, -0.15) is 0 Å². The van der Waals surface area contributed by atoms with Crippen LogP contribution in [0.25, 0.3) is 38.9 Å². The summed E-state index contributed by atoms with van der Waals surface area (Å²) >= 11 is -0.256. The first kappa shape index (κ1) is 24.0. The Kier molecular flexibility index (Phi) is 7.09. The number of benzene rings is 1. The van der Waals surface area contributed by atoms with Crippen LogP contribution in [0.1, 0.15) is 19.3 Å². The van der Waals surface area contributed by atoms with Crippen molar-refractivity contribution in [3.05, 3.63) is 81.6 Å². The molecule has 0 unspecified atom stereocenters. The maximum atomic E-state index is 5.93. The predicted molar refractivity (Wildman–Crippen MR) is 142 cm³/mol. The molecule has 37 heavy (non-hydrogen) atoms. The van der Waals surface area contributed by atoms with E-state index in [1.165, 1.54) is 32.4 Å². The Morgan fingerprint density at radius 2 is 1.86 bits per heavy atom. The van der Waals surface area contributed by atoms with Gasteiger partial charge in [-0.25, -0.2) is 0 Å². The number of nitrogens with zero attached hydrogens (tertiary/aromatic N) is 6. The summed E-state index contributed by atoms with van der Waals surface area (Å²) in [5, 5.41) is 5.70. The molecule has 0 bridgehead atoms. The molecule has 1 aromatic carbocycles. The number of hydrogen-bond acceptors (Lipinski definition) is 6. The van der Waals surface area contributed by atoms with Crippen LogP contribution in [0.4, 0.5) is 0 Å². The molecule has 1 aliphatic rings. The molecule has 6 rings (SSSR count). The van der Waals surface area contributed by atoms with Gasteiger partial charge in [0.25, 0.3) is 0 Å². The Morgan fingerprint density at radius 1 is 0.946 bits per heavy atom. The van der Waals surface area contributed by atoms with Gasteiger partial charge in [0.2, 0.25) is 0 Å². The Balaban J connectivity index is 1.20. The van der Waals surface area contributed by atoms with E-state index < -0.39 is 0 Å². The van der Waals surface area contributed by atoms with Crippen LogP contribution in [-0.2, 0) is 0 Å². The fraction of sp³-hybridized carbons (Fsp3) is 0.241. The number of likely N-dealkylation sites (tertiary alicyclic amines) is 1. The molecular weight excluding hydrogens is 575 g/mol. The van der Waals surface area contributed by atoms with Crippen LogP contribution in [0.3, 0.4) is 0 Å². The minimum absolute atomic E-state index is 0.256. The van der Waals surface area contributed by atoms with Crippen LogP contribution in [-0.4, -0.2) is 55.7 Å². The van der Waals surface area contributed by atoms with Gasteiger partial charge in [-0.3, -0.25) is 4.90 Å². The van der Waals surface area contributed by atoms with Crippen molar-refractivity contribution in [1.82, 2.24) is 29.5 Å². The maximum absolute atomic E-state index is 5.93. The van der Waals surface area contributed by atoms with E-state index >= 15 is 0 Å². The summed E-state index contributed by atoms with van der Waals surface area (Å²) in [5.41, 5.74) is 5.58. The second-order valence-corrected chi connectivity index (χ2v) is 11.7. The number of hydrogen-bond donors (Lipinski definition) is 0. The van der Waals surface area contributed by atoms with Gasteiger partial charge < -0.3 is 4.74 Å². The number of halogens is 1. The normalized spacial score (nSPS) is 14.4. The molecule has 5 aromatic rings. The summed E-state index contributed by atoms with van der Waals surface area (Å²) in [5.74, 6) is 0.791. The zero-order valence-electron chi connectivity index (χ0n) is 20.6. The Hall–Kier alpha value is -3.37. The summed E-state index contributed by atoms with van der Waals surface area (Å²) in [6.45, 7) is 7.88. The molecule has 0 amide bonds. The quantitative estimate of drug-likeness (QED) is 0.200. The number of rotatable bonds is 8. The van der Waals surface area contributed by atoms with Crippen LogP contribution in [0.2, 0.25) is 0 Å². The molecule has 0 spiro atoms. The third-order valence-corrected chi connectivity index (χ3v) is 8.37. The molecule has 0 saturated carbocycles. The SMILES string of the molecule is C=C[I-]c1ccc2c(-c3cnn4cc(-c5ccc(OCCN6CCCCC6)cn5)cnc34)cccc2n1. The molecule has 5 heterocycles. The second-order valence-electron chi connectivity index (χ2n) is 9.07. The van der Waals surface area contributed by atoms with E-state index in [-0.39, 0.29) is 21.2 Å². The molecule has 1 saturated heterocycles. The first-order chi connectivity index (χ1) is 18.3. The Labute approximate surface area is 226 Å². The summed E-state index contributed by atoms with van der Waals surface area (Å²) < 4.78 is 10.9. The first-order valence-electron chi connectivity index (χ1n) is 12.6. The van der Waals surface area contributed by atoms with Crippen molar-refractivity contribution in [1.29, 1.82) is 0 Å². The van der Waals surface area contributed by atoms with Crippen molar-refractivity contribution in [2.24, 2.45) is 0 Å². The van der Waals surface area contributed by atoms with E-state index in [4.69, 9.17) is 14.7 Å². The van der Waals surface area contributed by atoms with Gasteiger partial charge in [-0.1, -0.05) is 6.42 Å². The van der Waals surface area contributed by atoms with Crippen LogP contribution < -0.4 is 25.9 Å². The fourth-order valence-electron chi connectivity index (χ4n) is 4.81. The van der Waals surface area contributed by atoms with Crippen molar-refractivity contribution in [3.8, 4) is 28.1 Å². The van der Waals surface area contributed by atoms with E-state index in [9.17, 15) is 0 Å². The second kappa shape index (κ2) is 10.9. The van der Waals surface area contributed by atoms with Gasteiger partial charge in [0, 0.05) is 6.54 Å². The van der Waals surface area contributed by atoms with Gasteiger partial charge in [-0.05, 0) is 32.0 Å². The summed E-state index contributed by atoms with van der Waals surface area (Å²) in [4.78, 5) is 16.7. The molecule has 4 aromatic heterocycles. The summed E-state index contributed by atoms with van der Waals surface area (Å²) in [6, 6.07) is 14.4. The van der Waals surface area contributed by atoms with Crippen LogP contribution in [0.15, 0.2) is 77.9 Å². The molecule has 0 aliphatic carbocycles. The number of piperidine rings is 1. The standard InChI is InChI=1S/C29H28IN6O/c1-2-30-28-12-10-24-23(7-6-8-27(24)34-28)25-19-33-36-20-21(17-32-29(25)36)26-11-9-22(18-31-26)37-16-15-35-13-4-3-5-14-35/h2,6-12,17-20H,1,3-5,13-16H2/q-1. The van der Waals surface area contributed by atoms with E-state index in [0.717, 1.165) is 54.9 Å². The number of pyridine rings is 2. The van der Waals surface area contributed by atoms with Crippen molar-refractivity contribution >= 4 is 16.6 Å². The van der Waals surface area contributed by atoms with Gasteiger partial charge >= 0.3 is 154 Å². The van der Waals surface area contributed by atoms with E-state index in [2.05, 4.69) is 45.8 Å². The molecule has 7 nitrogen and oxygen atoms in total. The van der Waals surface area contributed by atoms with Gasteiger partial charge in [-0.15, -0.1) is 0 Å². The van der Waals surface area contributed by atoms with E-state index in [0.29, 0.717) is 6.61 Å². The number of ether oxygens (including phenoxy) is 1. The van der Waals surface area contributed by atoms with Crippen LogP contribution >= 0.6 is 0 Å². The molecule has 1 fully saturated rings. The van der Waals surface area contributed by atoms with Gasteiger partial charge in [0.05, 0.1) is 6.20 Å². The molecule has 188 valence electrons. The fourth-order valence-corrected chi connectivity index (χ4v) is 6.05. The zero-order chi connectivity index (χ0) is 25.0. The van der Waals surface area contributed by atoms with Crippen LogP contribution in [0.5, 0.6) is 5.75 Å². The van der Waals surface area contributed by atoms with Crippen molar-refractivity contribution in [2.75, 3.05) is 26.2 Å². The number of fused-ring (bicyclic) bond motifs is 2. The topological polar surface area (TPSA) is 68.4 Å². The van der Waals surface area contributed by atoms with E-state index in [1.54, 1.807) is 6.20 Å². The first-order valence-corrected chi connectivity index (χ1v) is 14.9. The van der Waals surface area contributed by atoms with E-state index in [1.807, 2.05) is 45.4 Å². The number of aromatic nitrogens is 5. The third kappa shape index (κ3) is 5.21. The average Bonchev–Trinajstić information content (AvgIpc) is 3.37. The molecule has 1 aliphatic heterocycles. The summed E-state index contributed by atoms with van der Waals surface area (Å²) in [6.07, 6.45) is 11.4.